The van der Waals surface area contributed by atoms with E-state index in [1.807, 2.05) is 10.8 Å². The topological polar surface area (TPSA) is 88.5 Å². The lowest BCUT2D eigenvalue weighted by atomic mass is 9.85. The molecule has 0 saturated carbocycles. The number of nitrogens with two attached hydrogens (primary N) is 1. The number of carboxylic acid groups (broad SMARTS) is 1. The Labute approximate surface area is 136 Å². The molecule has 0 spiro atoms. The van der Waals surface area contributed by atoms with Gasteiger partial charge in [-0.2, -0.15) is 0 Å². The zero-order chi connectivity index (χ0) is 17.2. The summed E-state index contributed by atoms with van der Waals surface area (Å²) < 4.78 is 1.94. The standard InChI is InChI=1S/C18H26N2O3/c1-18(2,3)13-9-14-12(5-6-19)11-20(7-4-8-21)16(14)15(10-13)17(22)23/h9-11,21H,4-8,19H2,1-3H3,(H,22,23). The Kier molecular flexibility index (Phi) is 5.12. The molecule has 2 aromatic rings. The van der Waals surface area contributed by atoms with Crippen LogP contribution in [0, 0.1) is 0 Å². The van der Waals surface area contributed by atoms with Gasteiger partial charge in [-0.15, -0.1) is 0 Å². The van der Waals surface area contributed by atoms with Gasteiger partial charge in [0.05, 0.1) is 11.1 Å². The second-order valence-corrected chi connectivity index (χ2v) is 6.94. The zero-order valence-electron chi connectivity index (χ0n) is 14.1. The van der Waals surface area contributed by atoms with Crippen molar-refractivity contribution in [2.24, 2.45) is 5.73 Å². The number of rotatable bonds is 6. The second-order valence-electron chi connectivity index (χ2n) is 6.94. The number of fused-ring (bicyclic) bond motifs is 1. The van der Waals surface area contributed by atoms with Crippen molar-refractivity contribution in [2.45, 2.75) is 45.6 Å². The first-order chi connectivity index (χ1) is 10.8. The van der Waals surface area contributed by atoms with Crippen LogP contribution in [-0.2, 0) is 18.4 Å². The van der Waals surface area contributed by atoms with Gasteiger partial charge in [0.25, 0.3) is 0 Å². The summed E-state index contributed by atoms with van der Waals surface area (Å²) >= 11 is 0. The zero-order valence-corrected chi connectivity index (χ0v) is 14.1. The van der Waals surface area contributed by atoms with E-state index in [0.717, 1.165) is 22.0 Å². The molecule has 23 heavy (non-hydrogen) atoms. The lowest BCUT2D eigenvalue weighted by Gasteiger charge is -2.20. The van der Waals surface area contributed by atoms with Crippen molar-refractivity contribution in [1.29, 1.82) is 0 Å². The molecule has 0 radical (unpaired) electrons. The van der Waals surface area contributed by atoms with Crippen LogP contribution in [-0.4, -0.2) is 33.9 Å². The third-order valence-electron chi connectivity index (χ3n) is 4.12. The maximum absolute atomic E-state index is 11.8. The molecule has 0 amide bonds. The molecule has 0 unspecified atom stereocenters. The first kappa shape index (κ1) is 17.5. The van der Waals surface area contributed by atoms with Crippen molar-refractivity contribution in [3.63, 3.8) is 0 Å². The highest BCUT2D eigenvalue weighted by atomic mass is 16.4. The number of aliphatic hydroxyl groups is 1. The molecule has 0 atom stereocenters. The van der Waals surface area contributed by atoms with E-state index in [1.54, 1.807) is 6.07 Å². The van der Waals surface area contributed by atoms with Gasteiger partial charge in [-0.25, -0.2) is 4.79 Å². The summed E-state index contributed by atoms with van der Waals surface area (Å²) in [5.41, 5.74) is 8.69. The fraction of sp³-hybridized carbons (Fsp3) is 0.500. The number of aromatic nitrogens is 1. The summed E-state index contributed by atoms with van der Waals surface area (Å²) in [6, 6.07) is 3.86. The van der Waals surface area contributed by atoms with Crippen LogP contribution in [0.4, 0.5) is 0 Å². The van der Waals surface area contributed by atoms with Crippen LogP contribution in [0.3, 0.4) is 0 Å². The predicted octanol–water partition coefficient (Wildman–Crippen LogP) is 2.52. The first-order valence-corrected chi connectivity index (χ1v) is 8.00. The number of aromatic carboxylic acids is 1. The summed E-state index contributed by atoms with van der Waals surface area (Å²) in [5.74, 6) is -0.927. The molecule has 1 aromatic carbocycles. The molecule has 0 aliphatic rings. The van der Waals surface area contributed by atoms with Crippen molar-refractivity contribution >= 4 is 16.9 Å². The smallest absolute Gasteiger partial charge is 0.337 e. The Morgan fingerprint density at radius 3 is 2.52 bits per heavy atom. The average molecular weight is 318 g/mol. The summed E-state index contributed by atoms with van der Waals surface area (Å²) in [6.07, 6.45) is 3.27. The van der Waals surface area contributed by atoms with Crippen LogP contribution in [0.25, 0.3) is 10.9 Å². The van der Waals surface area contributed by atoms with E-state index >= 15 is 0 Å². The van der Waals surface area contributed by atoms with Crippen LogP contribution in [0.2, 0.25) is 0 Å². The molecule has 0 aliphatic carbocycles. The Bertz CT molecular complexity index is 711. The molecule has 0 aliphatic heterocycles. The molecular weight excluding hydrogens is 292 g/mol. The number of hydrogen-bond donors (Lipinski definition) is 3. The minimum atomic E-state index is -0.927. The van der Waals surface area contributed by atoms with Gasteiger partial charge in [-0.05, 0) is 48.1 Å². The van der Waals surface area contributed by atoms with Crippen LogP contribution >= 0.6 is 0 Å². The average Bonchev–Trinajstić information content (AvgIpc) is 2.81. The summed E-state index contributed by atoms with van der Waals surface area (Å²) in [6.45, 7) is 7.41. The van der Waals surface area contributed by atoms with E-state index in [0.29, 0.717) is 31.5 Å². The number of aliphatic hydroxyl groups excluding tert-OH is 1. The van der Waals surface area contributed by atoms with E-state index in [2.05, 4.69) is 26.8 Å². The quantitative estimate of drug-likeness (QED) is 0.763. The van der Waals surface area contributed by atoms with E-state index in [9.17, 15) is 9.90 Å². The van der Waals surface area contributed by atoms with Gasteiger partial charge in [0, 0.05) is 24.7 Å². The van der Waals surface area contributed by atoms with Crippen molar-refractivity contribution in [1.82, 2.24) is 4.57 Å². The third-order valence-corrected chi connectivity index (χ3v) is 4.12. The van der Waals surface area contributed by atoms with Crippen molar-refractivity contribution < 1.29 is 15.0 Å². The minimum absolute atomic E-state index is 0.0778. The highest BCUT2D eigenvalue weighted by Crippen LogP contribution is 2.32. The van der Waals surface area contributed by atoms with E-state index < -0.39 is 5.97 Å². The lowest BCUT2D eigenvalue weighted by molar-refractivity contribution is 0.0698. The van der Waals surface area contributed by atoms with Crippen LogP contribution in [0.5, 0.6) is 0 Å². The maximum atomic E-state index is 11.8. The van der Waals surface area contributed by atoms with Crippen molar-refractivity contribution in [2.75, 3.05) is 13.2 Å². The molecule has 4 N–H and O–H groups in total. The summed E-state index contributed by atoms with van der Waals surface area (Å²) in [4.78, 5) is 11.8. The van der Waals surface area contributed by atoms with E-state index in [1.165, 1.54) is 0 Å². The molecule has 5 heteroatoms. The second kappa shape index (κ2) is 6.72. The van der Waals surface area contributed by atoms with Gasteiger partial charge in [0.1, 0.15) is 0 Å². The molecule has 0 saturated heterocycles. The Balaban J connectivity index is 2.77. The van der Waals surface area contributed by atoms with E-state index in [4.69, 9.17) is 10.8 Å². The molecule has 1 heterocycles. The van der Waals surface area contributed by atoms with Crippen molar-refractivity contribution in [3.05, 3.63) is 35.0 Å². The maximum Gasteiger partial charge on any atom is 0.337 e. The van der Waals surface area contributed by atoms with Gasteiger partial charge in [0.2, 0.25) is 0 Å². The number of hydrogen-bond acceptors (Lipinski definition) is 3. The van der Waals surface area contributed by atoms with Crippen LogP contribution in [0.1, 0.15) is 48.7 Å². The number of carbonyl (C=O) groups is 1. The third kappa shape index (κ3) is 3.57. The number of benzene rings is 1. The largest absolute Gasteiger partial charge is 0.478 e. The van der Waals surface area contributed by atoms with E-state index in [-0.39, 0.29) is 12.0 Å². The highest BCUT2D eigenvalue weighted by molar-refractivity contribution is 6.04. The normalized spacial score (nSPS) is 12.0. The molecule has 0 bridgehead atoms. The number of carboxylic acids is 1. The molecule has 5 nitrogen and oxygen atoms in total. The molecule has 126 valence electrons. The molecular formula is C18H26N2O3. The van der Waals surface area contributed by atoms with Gasteiger partial charge in [-0.3, -0.25) is 0 Å². The first-order valence-electron chi connectivity index (χ1n) is 8.00. The number of nitrogens with zero attached hydrogens (tertiary/aromatic N) is 1. The number of aryl methyl sites for hydroxylation is 1. The highest BCUT2D eigenvalue weighted by Gasteiger charge is 2.22. The Morgan fingerprint density at radius 1 is 1.30 bits per heavy atom. The minimum Gasteiger partial charge on any atom is -0.478 e. The van der Waals surface area contributed by atoms with Gasteiger partial charge in [-0.1, -0.05) is 20.8 Å². The molecule has 2 rings (SSSR count). The summed E-state index contributed by atoms with van der Waals surface area (Å²) in [5, 5.41) is 19.7. The van der Waals surface area contributed by atoms with Crippen LogP contribution < -0.4 is 5.73 Å². The van der Waals surface area contributed by atoms with Gasteiger partial charge < -0.3 is 20.5 Å². The van der Waals surface area contributed by atoms with Gasteiger partial charge >= 0.3 is 5.97 Å². The molecule has 1 aromatic heterocycles. The van der Waals surface area contributed by atoms with Crippen molar-refractivity contribution in [3.8, 4) is 0 Å². The summed E-state index contributed by atoms with van der Waals surface area (Å²) in [7, 11) is 0. The Morgan fingerprint density at radius 2 is 2.00 bits per heavy atom. The monoisotopic (exact) mass is 318 g/mol. The Hall–Kier alpha value is -1.85. The molecule has 0 fully saturated rings. The lowest BCUT2D eigenvalue weighted by Crippen LogP contribution is -2.13. The predicted molar refractivity (Wildman–Crippen MR) is 92.1 cm³/mol. The van der Waals surface area contributed by atoms with Crippen LogP contribution in [0.15, 0.2) is 18.3 Å². The van der Waals surface area contributed by atoms with Gasteiger partial charge in [0.15, 0.2) is 0 Å². The fourth-order valence-corrected chi connectivity index (χ4v) is 2.88. The fourth-order valence-electron chi connectivity index (χ4n) is 2.88. The SMILES string of the molecule is CC(C)(C)c1cc(C(=O)O)c2c(c1)c(CCN)cn2CCCO.